The van der Waals surface area contributed by atoms with E-state index in [2.05, 4.69) is 15.4 Å². The number of carbonyl (C=O) groups excluding carboxylic acids is 2. The molecule has 0 atom stereocenters. The lowest BCUT2D eigenvalue weighted by Gasteiger charge is -2.10. The Morgan fingerprint density at radius 2 is 1.30 bits per heavy atom. The van der Waals surface area contributed by atoms with E-state index in [-0.39, 0.29) is 35.8 Å². The quantitative estimate of drug-likeness (QED) is 0.596. The van der Waals surface area contributed by atoms with Gasteiger partial charge in [0.15, 0.2) is 0 Å². The van der Waals surface area contributed by atoms with E-state index in [9.17, 15) is 18.0 Å². The van der Waals surface area contributed by atoms with E-state index >= 15 is 0 Å². The molecule has 2 rings (SSSR count). The first kappa shape index (κ1) is 20.6. The zero-order valence-corrected chi connectivity index (χ0v) is 16.0. The molecule has 0 heterocycles. The highest BCUT2D eigenvalue weighted by Crippen LogP contribution is 2.11. The Kier molecular flexibility index (Phi) is 7.09. The molecular formula is C19H23N3O4S. The normalized spacial score (nSPS) is 11.2. The maximum Gasteiger partial charge on any atom is 0.251 e. The van der Waals surface area contributed by atoms with Crippen molar-refractivity contribution in [2.45, 2.75) is 24.8 Å². The van der Waals surface area contributed by atoms with E-state index in [0.717, 1.165) is 0 Å². The molecule has 0 saturated heterocycles. The fraction of sp³-hybridized carbons (Fsp3) is 0.263. The van der Waals surface area contributed by atoms with Crippen molar-refractivity contribution in [1.29, 1.82) is 0 Å². The van der Waals surface area contributed by atoms with E-state index in [1.807, 2.05) is 6.07 Å². The fourth-order valence-electron chi connectivity index (χ4n) is 2.31. The van der Waals surface area contributed by atoms with Gasteiger partial charge in [-0.15, -0.1) is 0 Å². The van der Waals surface area contributed by atoms with Crippen LogP contribution in [0.5, 0.6) is 0 Å². The first-order chi connectivity index (χ1) is 12.8. The Morgan fingerprint density at radius 1 is 0.815 bits per heavy atom. The fourth-order valence-corrected chi connectivity index (χ4v) is 3.56. The molecule has 0 aliphatic heterocycles. The molecule has 2 aromatic rings. The van der Waals surface area contributed by atoms with E-state index in [4.69, 9.17) is 0 Å². The van der Waals surface area contributed by atoms with Crippen molar-refractivity contribution in [2.75, 3.05) is 13.1 Å². The molecule has 0 aromatic heterocycles. The molecule has 0 aliphatic rings. The van der Waals surface area contributed by atoms with Crippen LogP contribution in [0, 0.1) is 0 Å². The summed E-state index contributed by atoms with van der Waals surface area (Å²) in [4.78, 5) is 24.1. The third kappa shape index (κ3) is 6.19. The number of hydrogen-bond acceptors (Lipinski definition) is 4. The number of hydrogen-bond donors (Lipinski definition) is 3. The van der Waals surface area contributed by atoms with Gasteiger partial charge in [0, 0.05) is 30.3 Å². The number of rotatable bonds is 8. The highest BCUT2D eigenvalue weighted by atomic mass is 32.2. The summed E-state index contributed by atoms with van der Waals surface area (Å²) in [6.07, 6.45) is 0. The first-order valence-corrected chi connectivity index (χ1v) is 10.0. The van der Waals surface area contributed by atoms with Crippen LogP contribution in [0.15, 0.2) is 59.5 Å². The zero-order chi connectivity index (χ0) is 19.9. The number of amides is 2. The maximum atomic E-state index is 12.1. The van der Waals surface area contributed by atoms with Crippen molar-refractivity contribution in [1.82, 2.24) is 15.4 Å². The Labute approximate surface area is 159 Å². The summed E-state index contributed by atoms with van der Waals surface area (Å²) in [5.74, 6) is -0.554. The Hall–Kier alpha value is -2.71. The van der Waals surface area contributed by atoms with Crippen molar-refractivity contribution >= 4 is 21.8 Å². The van der Waals surface area contributed by atoms with Gasteiger partial charge in [0.05, 0.1) is 4.90 Å². The molecule has 7 nitrogen and oxygen atoms in total. The van der Waals surface area contributed by atoms with E-state index in [0.29, 0.717) is 11.1 Å². The predicted octanol–water partition coefficient (Wildman–Crippen LogP) is 1.53. The SMILES string of the molecule is CC(C)NS(=O)(=O)c1ccc(C(=O)NCCNC(=O)c2ccccc2)cc1. The second kappa shape index (κ2) is 9.29. The van der Waals surface area contributed by atoms with Crippen molar-refractivity contribution < 1.29 is 18.0 Å². The largest absolute Gasteiger partial charge is 0.350 e. The lowest BCUT2D eigenvalue weighted by Crippen LogP contribution is -2.34. The summed E-state index contributed by atoms with van der Waals surface area (Å²) < 4.78 is 26.6. The monoisotopic (exact) mass is 389 g/mol. The summed E-state index contributed by atoms with van der Waals surface area (Å²) in [7, 11) is -3.59. The Bertz CT molecular complexity index is 879. The van der Waals surface area contributed by atoms with Crippen molar-refractivity contribution in [3.05, 3.63) is 65.7 Å². The van der Waals surface area contributed by atoms with Crippen molar-refractivity contribution in [3.8, 4) is 0 Å². The minimum absolute atomic E-state index is 0.0999. The molecule has 0 saturated carbocycles. The molecule has 0 fully saturated rings. The van der Waals surface area contributed by atoms with Crippen LogP contribution < -0.4 is 15.4 Å². The molecule has 0 spiro atoms. The van der Waals surface area contributed by atoms with Gasteiger partial charge in [0.25, 0.3) is 11.8 Å². The maximum absolute atomic E-state index is 12.1. The van der Waals surface area contributed by atoms with Crippen LogP contribution in [0.4, 0.5) is 0 Å². The van der Waals surface area contributed by atoms with Crippen molar-refractivity contribution in [3.63, 3.8) is 0 Å². The molecule has 3 N–H and O–H groups in total. The number of carbonyl (C=O) groups is 2. The van der Waals surface area contributed by atoms with Crippen molar-refractivity contribution in [2.24, 2.45) is 0 Å². The number of nitrogens with one attached hydrogen (secondary N) is 3. The van der Waals surface area contributed by atoms with E-state index in [1.54, 1.807) is 38.1 Å². The minimum atomic E-state index is -3.59. The van der Waals surface area contributed by atoms with Crippen LogP contribution in [0.25, 0.3) is 0 Å². The van der Waals surface area contributed by atoms with Gasteiger partial charge in [0.2, 0.25) is 10.0 Å². The van der Waals surface area contributed by atoms with Gasteiger partial charge in [-0.3, -0.25) is 9.59 Å². The highest BCUT2D eigenvalue weighted by Gasteiger charge is 2.16. The smallest absolute Gasteiger partial charge is 0.251 e. The summed E-state index contributed by atoms with van der Waals surface area (Å²) in [5.41, 5.74) is 0.892. The summed E-state index contributed by atoms with van der Waals surface area (Å²) >= 11 is 0. The first-order valence-electron chi connectivity index (χ1n) is 8.53. The Balaban J connectivity index is 1.83. The Morgan fingerprint density at radius 3 is 1.78 bits per heavy atom. The molecule has 2 amide bonds. The van der Waals surface area contributed by atoms with Gasteiger partial charge in [-0.25, -0.2) is 13.1 Å². The van der Waals surface area contributed by atoms with Crippen LogP contribution >= 0.6 is 0 Å². The van der Waals surface area contributed by atoms with Crippen LogP contribution in [-0.2, 0) is 10.0 Å². The second-order valence-electron chi connectivity index (χ2n) is 6.18. The molecule has 0 aliphatic carbocycles. The highest BCUT2D eigenvalue weighted by molar-refractivity contribution is 7.89. The summed E-state index contributed by atoms with van der Waals surface area (Å²) in [5, 5.41) is 5.39. The third-order valence-electron chi connectivity index (χ3n) is 3.55. The number of sulfonamides is 1. The second-order valence-corrected chi connectivity index (χ2v) is 7.89. The molecule has 8 heteroatoms. The van der Waals surface area contributed by atoms with Crippen LogP contribution in [0.2, 0.25) is 0 Å². The molecule has 144 valence electrons. The average Bonchev–Trinajstić information content (AvgIpc) is 2.64. The lowest BCUT2D eigenvalue weighted by atomic mass is 10.2. The van der Waals surface area contributed by atoms with E-state index in [1.165, 1.54) is 24.3 Å². The van der Waals surface area contributed by atoms with Gasteiger partial charge in [-0.2, -0.15) is 0 Å². The molecule has 0 radical (unpaired) electrons. The molecule has 27 heavy (non-hydrogen) atoms. The summed E-state index contributed by atoms with van der Waals surface area (Å²) in [6, 6.07) is 14.2. The van der Waals surface area contributed by atoms with Crippen LogP contribution in [0.3, 0.4) is 0 Å². The van der Waals surface area contributed by atoms with Gasteiger partial charge in [0.1, 0.15) is 0 Å². The molecule has 0 unspecified atom stereocenters. The number of benzene rings is 2. The van der Waals surface area contributed by atoms with Gasteiger partial charge in [-0.05, 0) is 50.2 Å². The third-order valence-corrected chi connectivity index (χ3v) is 5.22. The molecule has 0 bridgehead atoms. The van der Waals surface area contributed by atoms with Crippen LogP contribution in [0.1, 0.15) is 34.6 Å². The molecular weight excluding hydrogens is 366 g/mol. The predicted molar refractivity (Wildman–Crippen MR) is 103 cm³/mol. The standard InChI is InChI=1S/C19H23N3O4S/c1-14(2)22-27(25,26)17-10-8-16(9-11-17)19(24)21-13-12-20-18(23)15-6-4-3-5-7-15/h3-11,14,22H,12-13H2,1-2H3,(H,20,23)(H,21,24). The molecule has 2 aromatic carbocycles. The lowest BCUT2D eigenvalue weighted by molar-refractivity contribution is 0.0927. The van der Waals surface area contributed by atoms with Crippen LogP contribution in [-0.4, -0.2) is 39.4 Å². The minimum Gasteiger partial charge on any atom is -0.350 e. The van der Waals surface area contributed by atoms with Gasteiger partial charge in [-0.1, -0.05) is 18.2 Å². The topological polar surface area (TPSA) is 104 Å². The average molecular weight is 389 g/mol. The summed E-state index contributed by atoms with van der Waals surface area (Å²) in [6.45, 7) is 4.00. The zero-order valence-electron chi connectivity index (χ0n) is 15.2. The van der Waals surface area contributed by atoms with Gasteiger partial charge < -0.3 is 10.6 Å². The van der Waals surface area contributed by atoms with Gasteiger partial charge >= 0.3 is 0 Å². The van der Waals surface area contributed by atoms with E-state index < -0.39 is 10.0 Å².